The van der Waals surface area contributed by atoms with Crippen LogP contribution in [0, 0.1) is 0 Å². The maximum absolute atomic E-state index is 10.8. The van der Waals surface area contributed by atoms with E-state index in [9.17, 15) is 10.2 Å². The zero-order valence-electron chi connectivity index (χ0n) is 19.1. The number of aliphatic hydroxyl groups is 2. The molecule has 0 saturated carbocycles. The van der Waals surface area contributed by atoms with E-state index in [-0.39, 0.29) is 0 Å². The van der Waals surface area contributed by atoms with Crippen LogP contribution in [0.25, 0.3) is 18.2 Å². The average Bonchev–Trinajstić information content (AvgIpc) is 2.80. The predicted octanol–water partition coefficient (Wildman–Crippen LogP) is 6.67. The third kappa shape index (κ3) is 6.00. The highest BCUT2D eigenvalue weighted by Crippen LogP contribution is 2.28. The Labute approximate surface area is 201 Å². The summed E-state index contributed by atoms with van der Waals surface area (Å²) < 4.78 is 0. The maximum Gasteiger partial charge on any atom is 0.0843 e. The first-order valence-electron chi connectivity index (χ1n) is 11.4. The molecule has 4 rings (SSSR count). The number of fused-ring (bicyclic) bond motifs is 1. The summed E-state index contributed by atoms with van der Waals surface area (Å²) in [5, 5.41) is 22.1. The fourth-order valence-electron chi connectivity index (χ4n) is 4.27. The lowest BCUT2D eigenvalue weighted by atomic mass is 9.90. The van der Waals surface area contributed by atoms with Crippen molar-refractivity contribution in [2.45, 2.75) is 51.2 Å². The quantitative estimate of drug-likeness (QED) is 0.414. The molecule has 1 unspecified atom stereocenters. The van der Waals surface area contributed by atoms with Crippen molar-refractivity contribution in [2.75, 3.05) is 0 Å². The van der Waals surface area contributed by atoms with E-state index in [0.29, 0.717) is 12.8 Å². The van der Waals surface area contributed by atoms with Crippen molar-refractivity contribution in [3.63, 3.8) is 0 Å². The first-order valence-corrected chi connectivity index (χ1v) is 11.8. The molecule has 2 N–H and O–H groups in total. The summed E-state index contributed by atoms with van der Waals surface area (Å²) in [6, 6.07) is 20.0. The van der Waals surface area contributed by atoms with Gasteiger partial charge >= 0.3 is 0 Å². The van der Waals surface area contributed by atoms with Gasteiger partial charge in [0.1, 0.15) is 0 Å². The van der Waals surface area contributed by atoms with Crippen LogP contribution in [-0.4, -0.2) is 15.2 Å². The number of aromatic nitrogens is 1. The third-order valence-electron chi connectivity index (χ3n) is 6.07. The average molecular weight is 460 g/mol. The number of nitrogens with zero attached hydrogens (tertiary/aromatic N) is 1. The normalized spacial score (nSPS) is 14.8. The van der Waals surface area contributed by atoms with Crippen LogP contribution in [0.15, 0.2) is 65.7 Å². The molecule has 0 aliphatic heterocycles. The zero-order chi connectivity index (χ0) is 23.4. The SMILES string of the molecule is CC(C)(O)c1ccccc1CCC(O)c1cccc(/C=C/c2ccc3c(n2)C=C(Cl)CC3)c1. The second-order valence-corrected chi connectivity index (χ2v) is 9.63. The van der Waals surface area contributed by atoms with Crippen LogP contribution in [0.1, 0.15) is 72.0 Å². The number of halogens is 1. The van der Waals surface area contributed by atoms with Crippen LogP contribution in [-0.2, 0) is 18.4 Å². The van der Waals surface area contributed by atoms with Crippen LogP contribution in [0.3, 0.4) is 0 Å². The van der Waals surface area contributed by atoms with Gasteiger partial charge in [-0.3, -0.25) is 0 Å². The molecule has 1 aliphatic rings. The molecule has 3 aromatic rings. The van der Waals surface area contributed by atoms with Gasteiger partial charge in [-0.25, -0.2) is 4.98 Å². The minimum Gasteiger partial charge on any atom is -0.388 e. The Morgan fingerprint density at radius 1 is 1.03 bits per heavy atom. The van der Waals surface area contributed by atoms with Gasteiger partial charge in [-0.15, -0.1) is 0 Å². The molecule has 0 saturated heterocycles. The molecule has 3 nitrogen and oxygen atoms in total. The lowest BCUT2D eigenvalue weighted by Gasteiger charge is -2.22. The monoisotopic (exact) mass is 459 g/mol. The Kier molecular flexibility index (Phi) is 7.14. The molecule has 0 radical (unpaired) electrons. The molecule has 0 fully saturated rings. The number of aryl methyl sites for hydroxylation is 2. The number of aliphatic hydroxyl groups excluding tert-OH is 1. The molecule has 1 heterocycles. The van der Waals surface area contributed by atoms with Crippen molar-refractivity contribution >= 4 is 29.8 Å². The Morgan fingerprint density at radius 3 is 2.67 bits per heavy atom. The lowest BCUT2D eigenvalue weighted by molar-refractivity contribution is 0.0772. The van der Waals surface area contributed by atoms with Crippen molar-refractivity contribution in [3.8, 4) is 0 Å². The number of benzene rings is 2. The van der Waals surface area contributed by atoms with Crippen molar-refractivity contribution in [1.82, 2.24) is 4.98 Å². The van der Waals surface area contributed by atoms with Gasteiger partial charge in [0.25, 0.3) is 0 Å². The van der Waals surface area contributed by atoms with Gasteiger partial charge < -0.3 is 10.2 Å². The molecule has 1 aliphatic carbocycles. The summed E-state index contributed by atoms with van der Waals surface area (Å²) in [6.07, 6.45) is 8.46. The third-order valence-corrected chi connectivity index (χ3v) is 6.36. The molecule has 1 aromatic heterocycles. The minimum atomic E-state index is -0.905. The summed E-state index contributed by atoms with van der Waals surface area (Å²) in [5.74, 6) is 0. The summed E-state index contributed by atoms with van der Waals surface area (Å²) in [4.78, 5) is 4.71. The molecular weight excluding hydrogens is 430 g/mol. The van der Waals surface area contributed by atoms with Crippen LogP contribution in [0.4, 0.5) is 0 Å². The Balaban J connectivity index is 1.45. The highest BCUT2D eigenvalue weighted by molar-refractivity contribution is 6.31. The van der Waals surface area contributed by atoms with Crippen LogP contribution in [0.2, 0.25) is 0 Å². The number of hydrogen-bond acceptors (Lipinski definition) is 3. The summed E-state index contributed by atoms with van der Waals surface area (Å²) in [7, 11) is 0. The molecule has 2 aromatic carbocycles. The standard InChI is InChI=1S/C29H30ClNO2/c1-29(2,33)26-9-4-3-7-21(26)13-17-28(32)23-8-5-6-20(18-23)10-15-25-16-12-22-11-14-24(30)19-27(22)31-25/h3-10,12,15-16,18-19,28,32-33H,11,13-14,17H2,1-2H3/b15-10+. The van der Waals surface area contributed by atoms with E-state index < -0.39 is 11.7 Å². The van der Waals surface area contributed by atoms with Crippen molar-refractivity contribution in [3.05, 3.63) is 105 Å². The maximum atomic E-state index is 10.8. The molecule has 33 heavy (non-hydrogen) atoms. The number of rotatable bonds is 7. The molecule has 0 amide bonds. The second-order valence-electron chi connectivity index (χ2n) is 9.15. The van der Waals surface area contributed by atoms with Crippen molar-refractivity contribution in [1.29, 1.82) is 0 Å². The van der Waals surface area contributed by atoms with Gasteiger partial charge in [0.2, 0.25) is 0 Å². The Hall–Kier alpha value is -2.72. The lowest BCUT2D eigenvalue weighted by Crippen LogP contribution is -2.18. The van der Waals surface area contributed by atoms with Gasteiger partial charge in [0, 0.05) is 5.03 Å². The van der Waals surface area contributed by atoms with E-state index in [1.807, 2.05) is 72.8 Å². The number of hydrogen-bond donors (Lipinski definition) is 2. The van der Waals surface area contributed by atoms with Gasteiger partial charge in [-0.05, 0) is 91.6 Å². The second kappa shape index (κ2) is 10.0. The van der Waals surface area contributed by atoms with E-state index in [4.69, 9.17) is 16.6 Å². The topological polar surface area (TPSA) is 53.4 Å². The highest BCUT2D eigenvalue weighted by atomic mass is 35.5. The van der Waals surface area contributed by atoms with E-state index in [1.165, 1.54) is 5.56 Å². The molecular formula is C29H30ClNO2. The van der Waals surface area contributed by atoms with E-state index >= 15 is 0 Å². The summed E-state index contributed by atoms with van der Waals surface area (Å²) in [5.41, 5.74) is 6.01. The van der Waals surface area contributed by atoms with Crippen LogP contribution < -0.4 is 0 Å². The van der Waals surface area contributed by atoms with Gasteiger partial charge in [0.05, 0.1) is 23.1 Å². The van der Waals surface area contributed by atoms with Crippen LogP contribution >= 0.6 is 11.6 Å². The predicted molar refractivity (Wildman–Crippen MR) is 137 cm³/mol. The van der Waals surface area contributed by atoms with Gasteiger partial charge in [-0.2, -0.15) is 0 Å². The number of pyridine rings is 1. The fraction of sp³-hybridized carbons (Fsp3) is 0.276. The van der Waals surface area contributed by atoms with E-state index in [1.54, 1.807) is 13.8 Å². The van der Waals surface area contributed by atoms with Crippen molar-refractivity contribution < 1.29 is 10.2 Å². The smallest absolute Gasteiger partial charge is 0.0843 e. The Bertz CT molecular complexity index is 1190. The molecule has 170 valence electrons. The molecule has 0 spiro atoms. The van der Waals surface area contributed by atoms with Gasteiger partial charge in [-0.1, -0.05) is 66.2 Å². The van der Waals surface area contributed by atoms with Crippen LogP contribution in [0.5, 0.6) is 0 Å². The summed E-state index contributed by atoms with van der Waals surface area (Å²) >= 11 is 6.18. The first kappa shape index (κ1) is 23.4. The summed E-state index contributed by atoms with van der Waals surface area (Å²) in [6.45, 7) is 3.58. The molecule has 1 atom stereocenters. The van der Waals surface area contributed by atoms with Gasteiger partial charge in [0.15, 0.2) is 0 Å². The molecule has 0 bridgehead atoms. The Morgan fingerprint density at radius 2 is 1.85 bits per heavy atom. The van der Waals surface area contributed by atoms with E-state index in [2.05, 4.69) is 6.07 Å². The first-order chi connectivity index (χ1) is 15.8. The largest absolute Gasteiger partial charge is 0.388 e. The highest BCUT2D eigenvalue weighted by Gasteiger charge is 2.20. The zero-order valence-corrected chi connectivity index (χ0v) is 19.9. The minimum absolute atomic E-state index is 0.581. The molecule has 4 heteroatoms. The number of allylic oxidation sites excluding steroid dienone is 1. The van der Waals surface area contributed by atoms with Crippen molar-refractivity contribution in [2.24, 2.45) is 0 Å². The fourth-order valence-corrected chi connectivity index (χ4v) is 4.47. The van der Waals surface area contributed by atoms with E-state index in [0.717, 1.165) is 51.5 Å².